The van der Waals surface area contributed by atoms with Gasteiger partial charge in [0.25, 0.3) is 5.91 Å². The number of benzene rings is 2. The lowest BCUT2D eigenvalue weighted by Gasteiger charge is -2.06. The molecule has 0 saturated carbocycles. The number of phenolic OH excluding ortho intramolecular Hbond substituents is 1. The van der Waals surface area contributed by atoms with Gasteiger partial charge in [-0.3, -0.25) is 4.79 Å². The molecule has 0 aromatic heterocycles. The predicted octanol–water partition coefficient (Wildman–Crippen LogP) is 5.33. The fourth-order valence-corrected chi connectivity index (χ4v) is 3.86. The largest absolute Gasteiger partial charge is 0.503 e. The zero-order valence-corrected chi connectivity index (χ0v) is 17.9. The SMILES string of the molecule is COc1cc(/C=C2\SC(=Nc3cc(C)c(Br)c(C)c3)NC2=O)cc(Cl)c1O. The number of amidine groups is 1. The number of ether oxygens (including phenoxy) is 1. The van der Waals surface area contributed by atoms with Crippen molar-refractivity contribution in [1.29, 1.82) is 0 Å². The summed E-state index contributed by atoms with van der Waals surface area (Å²) in [7, 11) is 1.44. The Kier molecular flexibility index (Phi) is 5.83. The third kappa shape index (κ3) is 4.31. The van der Waals surface area contributed by atoms with E-state index in [2.05, 4.69) is 26.2 Å². The number of carbonyl (C=O) groups is 1. The van der Waals surface area contributed by atoms with Crippen LogP contribution in [0.5, 0.6) is 11.5 Å². The molecule has 140 valence electrons. The van der Waals surface area contributed by atoms with Gasteiger partial charge in [0.05, 0.1) is 22.7 Å². The maximum atomic E-state index is 12.3. The first kappa shape index (κ1) is 19.8. The molecule has 1 heterocycles. The van der Waals surface area contributed by atoms with Crippen LogP contribution in [0.25, 0.3) is 6.08 Å². The van der Waals surface area contributed by atoms with E-state index >= 15 is 0 Å². The molecular formula is C19H16BrClN2O3S. The molecule has 0 radical (unpaired) electrons. The smallest absolute Gasteiger partial charge is 0.264 e. The monoisotopic (exact) mass is 466 g/mol. The second kappa shape index (κ2) is 7.96. The van der Waals surface area contributed by atoms with Gasteiger partial charge in [-0.1, -0.05) is 27.5 Å². The Labute approximate surface area is 174 Å². The molecule has 2 aromatic rings. The van der Waals surface area contributed by atoms with Gasteiger partial charge in [0.2, 0.25) is 0 Å². The second-order valence-corrected chi connectivity index (χ2v) is 8.16. The van der Waals surface area contributed by atoms with Gasteiger partial charge in [-0.15, -0.1) is 0 Å². The van der Waals surface area contributed by atoms with Crippen molar-refractivity contribution in [2.24, 2.45) is 4.99 Å². The van der Waals surface area contributed by atoms with E-state index in [-0.39, 0.29) is 22.4 Å². The second-order valence-electron chi connectivity index (χ2n) is 5.93. The van der Waals surface area contributed by atoms with Gasteiger partial charge in [-0.2, -0.15) is 0 Å². The number of rotatable bonds is 3. The number of methoxy groups -OCH3 is 1. The quantitative estimate of drug-likeness (QED) is 0.599. The number of aryl methyl sites for hydroxylation is 2. The van der Waals surface area contributed by atoms with Crippen molar-refractivity contribution in [3.8, 4) is 11.5 Å². The zero-order valence-electron chi connectivity index (χ0n) is 14.8. The van der Waals surface area contributed by atoms with Crippen LogP contribution in [0.4, 0.5) is 5.69 Å². The van der Waals surface area contributed by atoms with E-state index in [4.69, 9.17) is 16.3 Å². The first-order valence-corrected chi connectivity index (χ1v) is 9.90. The van der Waals surface area contributed by atoms with Crippen molar-refractivity contribution >= 4 is 62.1 Å². The highest BCUT2D eigenvalue weighted by molar-refractivity contribution is 9.10. The number of aliphatic imine (C=N–C) groups is 1. The maximum absolute atomic E-state index is 12.3. The lowest BCUT2D eigenvalue weighted by Crippen LogP contribution is -2.19. The van der Waals surface area contributed by atoms with Crippen molar-refractivity contribution in [3.05, 3.63) is 55.4 Å². The van der Waals surface area contributed by atoms with Gasteiger partial charge in [0.1, 0.15) is 0 Å². The molecule has 8 heteroatoms. The fourth-order valence-electron chi connectivity index (χ4n) is 2.57. The topological polar surface area (TPSA) is 70.9 Å². The predicted molar refractivity (Wildman–Crippen MR) is 114 cm³/mol. The normalized spacial score (nSPS) is 16.9. The standard InChI is InChI=1S/C19H16BrClN2O3S/c1-9-4-12(5-10(2)16(9)20)22-19-23-18(25)15(27-19)8-11-6-13(21)17(24)14(7-11)26-3/h4-8,24H,1-3H3,(H,22,23,25)/b15-8-. The summed E-state index contributed by atoms with van der Waals surface area (Å²) in [6.45, 7) is 3.99. The van der Waals surface area contributed by atoms with E-state index in [1.54, 1.807) is 18.2 Å². The minimum Gasteiger partial charge on any atom is -0.503 e. The number of nitrogens with one attached hydrogen (secondary N) is 1. The zero-order chi connectivity index (χ0) is 19.7. The summed E-state index contributed by atoms with van der Waals surface area (Å²) in [5.41, 5.74) is 3.56. The highest BCUT2D eigenvalue weighted by Crippen LogP contribution is 2.37. The van der Waals surface area contributed by atoms with E-state index in [1.165, 1.54) is 18.9 Å². The minimum absolute atomic E-state index is 0.131. The van der Waals surface area contributed by atoms with Crippen LogP contribution in [-0.2, 0) is 4.79 Å². The molecule has 1 fully saturated rings. The van der Waals surface area contributed by atoms with Crippen LogP contribution >= 0.6 is 39.3 Å². The van der Waals surface area contributed by atoms with Crippen LogP contribution in [-0.4, -0.2) is 23.3 Å². The third-order valence-electron chi connectivity index (χ3n) is 3.87. The molecule has 0 unspecified atom stereocenters. The number of hydrogen-bond acceptors (Lipinski definition) is 5. The van der Waals surface area contributed by atoms with Gasteiger partial charge in [0, 0.05) is 4.47 Å². The number of hydrogen-bond donors (Lipinski definition) is 2. The first-order chi connectivity index (χ1) is 12.8. The summed E-state index contributed by atoms with van der Waals surface area (Å²) in [5, 5.41) is 13.2. The molecule has 1 saturated heterocycles. The lowest BCUT2D eigenvalue weighted by atomic mass is 10.1. The van der Waals surface area contributed by atoms with Crippen LogP contribution in [0, 0.1) is 13.8 Å². The van der Waals surface area contributed by atoms with Gasteiger partial charge >= 0.3 is 0 Å². The third-order valence-corrected chi connectivity index (χ3v) is 6.32. The Hall–Kier alpha value is -1.96. The summed E-state index contributed by atoms with van der Waals surface area (Å²) in [6, 6.07) is 7.07. The molecule has 1 aliphatic heterocycles. The van der Waals surface area contributed by atoms with E-state index in [0.717, 1.165) is 21.3 Å². The Balaban J connectivity index is 1.90. The first-order valence-electron chi connectivity index (χ1n) is 7.91. The highest BCUT2D eigenvalue weighted by atomic mass is 79.9. The molecule has 0 bridgehead atoms. The fraction of sp³-hybridized carbons (Fsp3) is 0.158. The van der Waals surface area contributed by atoms with Crippen LogP contribution in [0.2, 0.25) is 5.02 Å². The molecule has 3 rings (SSSR count). The van der Waals surface area contributed by atoms with E-state index in [9.17, 15) is 9.90 Å². The molecule has 0 spiro atoms. The molecule has 0 aliphatic carbocycles. The summed E-state index contributed by atoms with van der Waals surface area (Å²) in [5.74, 6) is -0.131. The number of amides is 1. The summed E-state index contributed by atoms with van der Waals surface area (Å²) < 4.78 is 6.14. The number of halogens is 2. The average Bonchev–Trinajstić information content (AvgIpc) is 2.94. The number of carbonyl (C=O) groups excluding carboxylic acids is 1. The van der Waals surface area contributed by atoms with Gasteiger partial charge in [0.15, 0.2) is 16.7 Å². The number of thioether (sulfide) groups is 1. The van der Waals surface area contributed by atoms with Gasteiger partial charge in [-0.25, -0.2) is 4.99 Å². The number of phenols is 1. The molecule has 5 nitrogen and oxygen atoms in total. The minimum atomic E-state index is -0.243. The van der Waals surface area contributed by atoms with E-state index in [1.807, 2.05) is 26.0 Å². The van der Waals surface area contributed by atoms with Gasteiger partial charge < -0.3 is 15.2 Å². The Bertz CT molecular complexity index is 982. The van der Waals surface area contributed by atoms with Crippen LogP contribution < -0.4 is 10.1 Å². The van der Waals surface area contributed by atoms with Crippen LogP contribution in [0.3, 0.4) is 0 Å². The molecule has 0 atom stereocenters. The van der Waals surface area contributed by atoms with Crippen molar-refractivity contribution in [1.82, 2.24) is 5.32 Å². The Morgan fingerprint density at radius 3 is 2.56 bits per heavy atom. The molecule has 1 aliphatic rings. The maximum Gasteiger partial charge on any atom is 0.264 e. The van der Waals surface area contributed by atoms with Crippen molar-refractivity contribution < 1.29 is 14.6 Å². The van der Waals surface area contributed by atoms with Crippen molar-refractivity contribution in [2.75, 3.05) is 7.11 Å². The van der Waals surface area contributed by atoms with E-state index < -0.39 is 0 Å². The van der Waals surface area contributed by atoms with Crippen LogP contribution in [0.1, 0.15) is 16.7 Å². The Morgan fingerprint density at radius 2 is 1.93 bits per heavy atom. The molecule has 2 aromatic carbocycles. The number of nitrogens with zero attached hydrogens (tertiary/aromatic N) is 1. The van der Waals surface area contributed by atoms with Crippen LogP contribution in [0.15, 0.2) is 38.6 Å². The molecule has 27 heavy (non-hydrogen) atoms. The van der Waals surface area contributed by atoms with Crippen molar-refractivity contribution in [2.45, 2.75) is 13.8 Å². The van der Waals surface area contributed by atoms with E-state index in [0.29, 0.717) is 15.6 Å². The number of aromatic hydroxyl groups is 1. The summed E-state index contributed by atoms with van der Waals surface area (Å²) in [4.78, 5) is 17.3. The summed E-state index contributed by atoms with van der Waals surface area (Å²) >= 11 is 10.8. The lowest BCUT2D eigenvalue weighted by molar-refractivity contribution is -0.115. The van der Waals surface area contributed by atoms with Crippen molar-refractivity contribution in [3.63, 3.8) is 0 Å². The molecule has 2 N–H and O–H groups in total. The highest BCUT2D eigenvalue weighted by Gasteiger charge is 2.24. The molecular weight excluding hydrogens is 452 g/mol. The Morgan fingerprint density at radius 1 is 1.26 bits per heavy atom. The van der Waals surface area contributed by atoms with Gasteiger partial charge in [-0.05, 0) is 72.6 Å². The average molecular weight is 468 g/mol. The summed E-state index contributed by atoms with van der Waals surface area (Å²) in [6.07, 6.45) is 1.68. The molecule has 1 amide bonds.